The molecule has 15 heavy (non-hydrogen) atoms. The van der Waals surface area contributed by atoms with Crippen molar-refractivity contribution >= 4 is 17.6 Å². The van der Waals surface area contributed by atoms with E-state index in [4.69, 9.17) is 0 Å². The zero-order chi connectivity index (χ0) is 11.1. The maximum Gasteiger partial charge on any atom is 0.126 e. The Kier molecular flexibility index (Phi) is 5.50. The van der Waals surface area contributed by atoms with Crippen LogP contribution in [0.4, 0.5) is 5.82 Å². The van der Waals surface area contributed by atoms with Gasteiger partial charge >= 0.3 is 0 Å². The van der Waals surface area contributed by atoms with Gasteiger partial charge in [0.15, 0.2) is 0 Å². The summed E-state index contributed by atoms with van der Waals surface area (Å²) in [5.41, 5.74) is 1.32. The molecular weight excluding hydrogens is 206 g/mol. The van der Waals surface area contributed by atoms with Crippen molar-refractivity contribution in [3.63, 3.8) is 0 Å². The van der Waals surface area contributed by atoms with Crippen LogP contribution < -0.4 is 5.32 Å². The summed E-state index contributed by atoms with van der Waals surface area (Å²) in [5.74, 6) is 2.02. The second-order valence-corrected chi connectivity index (χ2v) is 4.58. The van der Waals surface area contributed by atoms with Crippen LogP contribution in [0, 0.1) is 0 Å². The molecule has 84 valence electrons. The predicted molar refractivity (Wildman–Crippen MR) is 68.5 cm³/mol. The summed E-state index contributed by atoms with van der Waals surface area (Å²) < 4.78 is 0. The highest BCUT2D eigenvalue weighted by atomic mass is 32.2. The Labute approximate surface area is 96.3 Å². The number of rotatable bonds is 6. The van der Waals surface area contributed by atoms with Crippen molar-refractivity contribution in [1.82, 2.24) is 9.88 Å². The minimum Gasteiger partial charge on any atom is -0.369 e. The van der Waals surface area contributed by atoms with Crippen LogP contribution in [0.2, 0.25) is 0 Å². The lowest BCUT2D eigenvalue weighted by atomic mass is 10.3. The molecule has 0 spiro atoms. The number of likely N-dealkylation sites (N-methyl/N-ethyl adjacent to an activating group) is 1. The molecule has 0 aliphatic heterocycles. The summed E-state index contributed by atoms with van der Waals surface area (Å²) in [4.78, 5) is 6.43. The van der Waals surface area contributed by atoms with E-state index in [2.05, 4.69) is 47.7 Å². The van der Waals surface area contributed by atoms with Crippen molar-refractivity contribution in [2.75, 3.05) is 38.8 Å². The molecular formula is C11H19N3S. The third-order valence-electron chi connectivity index (χ3n) is 2.00. The molecule has 0 aliphatic rings. The third-order valence-corrected chi connectivity index (χ3v) is 2.62. The van der Waals surface area contributed by atoms with Gasteiger partial charge in [-0.25, -0.2) is 4.98 Å². The monoisotopic (exact) mass is 225 g/mol. The fourth-order valence-corrected chi connectivity index (χ4v) is 1.75. The van der Waals surface area contributed by atoms with Gasteiger partial charge in [0.2, 0.25) is 0 Å². The van der Waals surface area contributed by atoms with Gasteiger partial charge in [0.1, 0.15) is 5.82 Å². The lowest BCUT2D eigenvalue weighted by Crippen LogP contribution is -2.21. The van der Waals surface area contributed by atoms with E-state index in [-0.39, 0.29) is 0 Å². The Morgan fingerprint density at radius 2 is 2.27 bits per heavy atom. The minimum atomic E-state index is 0.933. The van der Waals surface area contributed by atoms with Crippen molar-refractivity contribution in [3.8, 4) is 0 Å². The van der Waals surface area contributed by atoms with Gasteiger partial charge in [-0.2, -0.15) is 11.8 Å². The van der Waals surface area contributed by atoms with Crippen LogP contribution in [0.3, 0.4) is 0 Å². The fraction of sp³-hybridized carbons (Fsp3) is 0.545. The predicted octanol–water partition coefficient (Wildman–Crippen LogP) is 1.92. The Bertz CT molecular complexity index is 289. The quantitative estimate of drug-likeness (QED) is 0.800. The molecule has 4 heteroatoms. The Morgan fingerprint density at radius 1 is 1.47 bits per heavy atom. The number of pyridine rings is 1. The highest BCUT2D eigenvalue weighted by Gasteiger charge is 1.96. The molecule has 0 bridgehead atoms. The van der Waals surface area contributed by atoms with Crippen molar-refractivity contribution in [1.29, 1.82) is 0 Å². The fourth-order valence-electron chi connectivity index (χ4n) is 1.23. The second-order valence-electron chi connectivity index (χ2n) is 3.71. The van der Waals surface area contributed by atoms with E-state index in [1.54, 1.807) is 0 Å². The lowest BCUT2D eigenvalue weighted by molar-refractivity contribution is 0.425. The zero-order valence-corrected chi connectivity index (χ0v) is 10.5. The molecule has 0 aromatic carbocycles. The van der Waals surface area contributed by atoms with Gasteiger partial charge in [-0.05, 0) is 38.0 Å². The summed E-state index contributed by atoms with van der Waals surface area (Å²) in [7, 11) is 4.14. The Morgan fingerprint density at radius 3 is 2.93 bits per heavy atom. The molecule has 1 heterocycles. The number of aromatic nitrogens is 1. The van der Waals surface area contributed by atoms with Crippen molar-refractivity contribution < 1.29 is 0 Å². The number of thioether (sulfide) groups is 1. The normalized spacial score (nSPS) is 10.7. The van der Waals surface area contributed by atoms with E-state index in [1.807, 2.05) is 18.0 Å². The van der Waals surface area contributed by atoms with Gasteiger partial charge in [-0.1, -0.05) is 0 Å². The minimum absolute atomic E-state index is 0.933. The summed E-state index contributed by atoms with van der Waals surface area (Å²) in [5, 5.41) is 3.31. The van der Waals surface area contributed by atoms with Crippen LogP contribution in [0.15, 0.2) is 18.3 Å². The molecule has 1 N–H and O–H groups in total. The number of hydrogen-bond donors (Lipinski definition) is 1. The highest BCUT2D eigenvalue weighted by Crippen LogP contribution is 2.11. The number of anilines is 1. The first kappa shape index (κ1) is 12.3. The largest absolute Gasteiger partial charge is 0.369 e. The van der Waals surface area contributed by atoms with Crippen LogP contribution in [-0.2, 0) is 5.75 Å². The first-order valence-corrected chi connectivity index (χ1v) is 6.44. The topological polar surface area (TPSA) is 28.2 Å². The molecule has 1 rings (SSSR count). The smallest absolute Gasteiger partial charge is 0.126 e. The van der Waals surface area contributed by atoms with Gasteiger partial charge in [-0.15, -0.1) is 0 Å². The average molecular weight is 225 g/mol. The van der Waals surface area contributed by atoms with E-state index in [9.17, 15) is 0 Å². The molecule has 0 atom stereocenters. The van der Waals surface area contributed by atoms with Crippen molar-refractivity contribution in [2.45, 2.75) is 5.75 Å². The number of nitrogens with zero attached hydrogens (tertiary/aromatic N) is 2. The lowest BCUT2D eigenvalue weighted by Gasteiger charge is -2.11. The van der Waals surface area contributed by atoms with Gasteiger partial charge in [0.05, 0.1) is 0 Å². The van der Waals surface area contributed by atoms with Gasteiger partial charge in [-0.3, -0.25) is 0 Å². The van der Waals surface area contributed by atoms with Gasteiger partial charge in [0.25, 0.3) is 0 Å². The summed E-state index contributed by atoms with van der Waals surface area (Å²) in [6.45, 7) is 1.96. The van der Waals surface area contributed by atoms with Crippen LogP contribution in [0.1, 0.15) is 5.56 Å². The Hall–Kier alpha value is -0.740. The van der Waals surface area contributed by atoms with Crippen LogP contribution >= 0.6 is 11.8 Å². The Balaban J connectivity index is 2.43. The molecule has 0 aliphatic carbocycles. The number of hydrogen-bond acceptors (Lipinski definition) is 4. The van der Waals surface area contributed by atoms with E-state index in [0.717, 1.165) is 24.7 Å². The maximum absolute atomic E-state index is 4.28. The first-order valence-electron chi connectivity index (χ1n) is 5.05. The number of nitrogens with one attached hydrogen (secondary N) is 1. The molecule has 1 aromatic rings. The van der Waals surface area contributed by atoms with E-state index < -0.39 is 0 Å². The standard InChI is InChI=1S/C11H19N3S/c1-14(2)7-6-13-11-8-10(9-15-3)4-5-12-11/h4-5,8H,6-7,9H2,1-3H3,(H,12,13). The summed E-state index contributed by atoms with van der Waals surface area (Å²) >= 11 is 1.83. The van der Waals surface area contributed by atoms with Crippen molar-refractivity contribution in [2.24, 2.45) is 0 Å². The average Bonchev–Trinajstić information content (AvgIpc) is 2.18. The first-order chi connectivity index (χ1) is 7.22. The van der Waals surface area contributed by atoms with E-state index in [0.29, 0.717) is 0 Å². The van der Waals surface area contributed by atoms with Gasteiger partial charge in [0, 0.05) is 25.0 Å². The van der Waals surface area contributed by atoms with Crippen LogP contribution in [-0.4, -0.2) is 43.3 Å². The van der Waals surface area contributed by atoms with E-state index >= 15 is 0 Å². The molecule has 0 fully saturated rings. The molecule has 0 saturated carbocycles. The SMILES string of the molecule is CSCc1ccnc(NCCN(C)C)c1. The van der Waals surface area contributed by atoms with Gasteiger partial charge < -0.3 is 10.2 Å². The zero-order valence-electron chi connectivity index (χ0n) is 9.66. The van der Waals surface area contributed by atoms with Crippen molar-refractivity contribution in [3.05, 3.63) is 23.9 Å². The maximum atomic E-state index is 4.28. The summed E-state index contributed by atoms with van der Waals surface area (Å²) in [6, 6.07) is 4.18. The molecule has 0 saturated heterocycles. The molecule has 0 unspecified atom stereocenters. The third kappa shape index (κ3) is 5.04. The van der Waals surface area contributed by atoms with Crippen LogP contribution in [0.25, 0.3) is 0 Å². The summed E-state index contributed by atoms with van der Waals surface area (Å²) in [6.07, 6.45) is 3.98. The molecule has 0 amide bonds. The molecule has 0 radical (unpaired) electrons. The molecule has 3 nitrogen and oxygen atoms in total. The highest BCUT2D eigenvalue weighted by molar-refractivity contribution is 7.97. The van der Waals surface area contributed by atoms with E-state index in [1.165, 1.54) is 5.56 Å². The van der Waals surface area contributed by atoms with Crippen LogP contribution in [0.5, 0.6) is 0 Å². The molecule has 1 aromatic heterocycles. The second kappa shape index (κ2) is 6.69.